The Morgan fingerprint density at radius 1 is 1.29 bits per heavy atom. The summed E-state index contributed by atoms with van der Waals surface area (Å²) in [5.41, 5.74) is 0.772. The molecule has 0 aromatic carbocycles. The number of unbranched alkanes of at least 4 members (excludes halogenated alkanes) is 2. The summed E-state index contributed by atoms with van der Waals surface area (Å²) in [5, 5.41) is 0. The van der Waals surface area contributed by atoms with E-state index in [0.717, 1.165) is 25.0 Å². The predicted octanol–water partition coefficient (Wildman–Crippen LogP) is 2.03. The second kappa shape index (κ2) is 6.71. The zero-order valence-corrected chi connectivity index (χ0v) is 11.3. The lowest BCUT2D eigenvalue weighted by molar-refractivity contribution is 0.460. The fourth-order valence-corrected chi connectivity index (χ4v) is 2.72. The first-order chi connectivity index (χ1) is 8.06. The third-order valence-electron chi connectivity index (χ3n) is 2.59. The van der Waals surface area contributed by atoms with E-state index in [-0.39, 0.29) is 5.75 Å². The van der Waals surface area contributed by atoms with Gasteiger partial charge in [-0.25, -0.2) is 8.42 Å². The summed E-state index contributed by atoms with van der Waals surface area (Å²) in [5.74, 6) is 0.226. The number of aromatic nitrogens is 1. The lowest BCUT2D eigenvalue weighted by atomic mass is 10.3. The Morgan fingerprint density at radius 2 is 2.06 bits per heavy atom. The van der Waals surface area contributed by atoms with Crippen LogP contribution in [-0.2, 0) is 16.6 Å². The van der Waals surface area contributed by atoms with E-state index in [0.29, 0.717) is 6.54 Å². The SMILES string of the molecule is CCCCCS(=O)(=O)N(C)Cc1ccccn1. The Morgan fingerprint density at radius 3 is 2.65 bits per heavy atom. The maximum atomic E-state index is 11.9. The van der Waals surface area contributed by atoms with Gasteiger partial charge in [0.05, 0.1) is 18.0 Å². The van der Waals surface area contributed by atoms with Crippen molar-refractivity contribution in [2.45, 2.75) is 32.7 Å². The van der Waals surface area contributed by atoms with Gasteiger partial charge in [-0.1, -0.05) is 25.8 Å². The van der Waals surface area contributed by atoms with E-state index in [1.165, 1.54) is 4.31 Å². The third-order valence-corrected chi connectivity index (χ3v) is 4.47. The standard InChI is InChI=1S/C12H20N2O2S/c1-3-4-7-10-17(15,16)14(2)11-12-8-5-6-9-13-12/h5-6,8-9H,3-4,7,10-11H2,1-2H3. The first kappa shape index (κ1) is 14.1. The molecule has 0 spiro atoms. The topological polar surface area (TPSA) is 50.3 Å². The molecule has 96 valence electrons. The molecule has 0 fully saturated rings. The highest BCUT2D eigenvalue weighted by molar-refractivity contribution is 7.89. The fraction of sp³-hybridized carbons (Fsp3) is 0.583. The molecule has 1 heterocycles. The zero-order valence-electron chi connectivity index (χ0n) is 10.5. The van der Waals surface area contributed by atoms with Crippen molar-refractivity contribution in [1.29, 1.82) is 0 Å². The number of rotatable bonds is 7. The molecular formula is C12H20N2O2S. The van der Waals surface area contributed by atoms with Crippen LogP contribution >= 0.6 is 0 Å². The summed E-state index contributed by atoms with van der Waals surface area (Å²) in [6.45, 7) is 2.40. The van der Waals surface area contributed by atoms with Crippen LogP contribution in [0.1, 0.15) is 31.9 Å². The summed E-state index contributed by atoms with van der Waals surface area (Å²) >= 11 is 0. The van der Waals surface area contributed by atoms with Gasteiger partial charge in [-0.2, -0.15) is 4.31 Å². The first-order valence-electron chi connectivity index (χ1n) is 5.90. The van der Waals surface area contributed by atoms with Gasteiger partial charge >= 0.3 is 0 Å². The Labute approximate surface area is 104 Å². The molecule has 0 atom stereocenters. The highest BCUT2D eigenvalue weighted by atomic mass is 32.2. The average molecular weight is 256 g/mol. The van der Waals surface area contributed by atoms with E-state index >= 15 is 0 Å². The first-order valence-corrected chi connectivity index (χ1v) is 7.51. The van der Waals surface area contributed by atoms with Crippen molar-refractivity contribution in [2.75, 3.05) is 12.8 Å². The molecule has 0 N–H and O–H groups in total. The number of nitrogens with zero attached hydrogens (tertiary/aromatic N) is 2. The molecular weight excluding hydrogens is 236 g/mol. The van der Waals surface area contributed by atoms with Gasteiger partial charge in [-0.05, 0) is 18.6 Å². The van der Waals surface area contributed by atoms with Crippen LogP contribution in [0.3, 0.4) is 0 Å². The number of hydrogen-bond donors (Lipinski definition) is 0. The summed E-state index contributed by atoms with van der Waals surface area (Å²) < 4.78 is 25.2. The molecule has 5 heteroatoms. The number of sulfonamides is 1. The molecule has 0 unspecified atom stereocenters. The summed E-state index contributed by atoms with van der Waals surface area (Å²) in [7, 11) is -1.53. The Balaban J connectivity index is 2.54. The minimum Gasteiger partial charge on any atom is -0.260 e. The molecule has 1 rings (SSSR count). The second-order valence-electron chi connectivity index (χ2n) is 4.10. The Hall–Kier alpha value is -0.940. The lowest BCUT2D eigenvalue weighted by Gasteiger charge is -2.16. The van der Waals surface area contributed by atoms with Crippen LogP contribution in [0.15, 0.2) is 24.4 Å². The van der Waals surface area contributed by atoms with Crippen LogP contribution in [0.25, 0.3) is 0 Å². The fourth-order valence-electron chi connectivity index (χ4n) is 1.51. The molecule has 0 saturated carbocycles. The maximum absolute atomic E-state index is 11.9. The quantitative estimate of drug-likeness (QED) is 0.701. The molecule has 0 radical (unpaired) electrons. The predicted molar refractivity (Wildman–Crippen MR) is 69.0 cm³/mol. The molecule has 1 aromatic heterocycles. The van der Waals surface area contributed by atoms with Gasteiger partial charge < -0.3 is 0 Å². The van der Waals surface area contributed by atoms with Crippen LogP contribution in [0.4, 0.5) is 0 Å². The molecule has 17 heavy (non-hydrogen) atoms. The number of hydrogen-bond acceptors (Lipinski definition) is 3. The lowest BCUT2D eigenvalue weighted by Crippen LogP contribution is -2.29. The van der Waals surface area contributed by atoms with Crippen LogP contribution in [0, 0.1) is 0 Å². The van der Waals surface area contributed by atoms with Gasteiger partial charge in [0, 0.05) is 13.2 Å². The number of pyridine rings is 1. The molecule has 4 nitrogen and oxygen atoms in total. The van der Waals surface area contributed by atoms with Gasteiger partial charge in [-0.15, -0.1) is 0 Å². The largest absolute Gasteiger partial charge is 0.260 e. The van der Waals surface area contributed by atoms with Gasteiger partial charge in [0.25, 0.3) is 0 Å². The molecule has 0 aliphatic carbocycles. The second-order valence-corrected chi connectivity index (χ2v) is 6.30. The van der Waals surface area contributed by atoms with E-state index in [9.17, 15) is 8.42 Å². The van der Waals surface area contributed by atoms with E-state index in [1.54, 1.807) is 13.2 Å². The van der Waals surface area contributed by atoms with Gasteiger partial charge in [-0.3, -0.25) is 4.98 Å². The van der Waals surface area contributed by atoms with Crippen LogP contribution in [0.5, 0.6) is 0 Å². The van der Waals surface area contributed by atoms with E-state index in [2.05, 4.69) is 11.9 Å². The molecule has 1 aromatic rings. The molecule has 0 saturated heterocycles. The normalized spacial score (nSPS) is 11.9. The van der Waals surface area contributed by atoms with E-state index in [1.807, 2.05) is 18.2 Å². The average Bonchev–Trinajstić information content (AvgIpc) is 2.30. The third kappa shape index (κ3) is 4.83. The minimum atomic E-state index is -3.14. The van der Waals surface area contributed by atoms with E-state index in [4.69, 9.17) is 0 Å². The smallest absolute Gasteiger partial charge is 0.214 e. The highest BCUT2D eigenvalue weighted by Crippen LogP contribution is 2.07. The Bertz CT molecular complexity index is 417. The molecule has 0 bridgehead atoms. The summed E-state index contributed by atoms with van der Waals surface area (Å²) in [6, 6.07) is 5.51. The molecule has 0 aliphatic heterocycles. The van der Waals surface area contributed by atoms with Crippen molar-refractivity contribution in [3.63, 3.8) is 0 Å². The minimum absolute atomic E-state index is 0.226. The van der Waals surface area contributed by atoms with Gasteiger partial charge in [0.15, 0.2) is 0 Å². The van der Waals surface area contributed by atoms with Crippen LogP contribution in [-0.4, -0.2) is 30.5 Å². The highest BCUT2D eigenvalue weighted by Gasteiger charge is 2.17. The monoisotopic (exact) mass is 256 g/mol. The van der Waals surface area contributed by atoms with Crippen molar-refractivity contribution in [3.8, 4) is 0 Å². The molecule has 0 amide bonds. The van der Waals surface area contributed by atoms with Crippen LogP contribution < -0.4 is 0 Å². The van der Waals surface area contributed by atoms with Crippen LogP contribution in [0.2, 0.25) is 0 Å². The van der Waals surface area contributed by atoms with Crippen molar-refractivity contribution >= 4 is 10.0 Å². The van der Waals surface area contributed by atoms with Gasteiger partial charge in [0.2, 0.25) is 10.0 Å². The van der Waals surface area contributed by atoms with Crippen molar-refractivity contribution in [2.24, 2.45) is 0 Å². The van der Waals surface area contributed by atoms with Gasteiger partial charge in [0.1, 0.15) is 0 Å². The van der Waals surface area contributed by atoms with E-state index < -0.39 is 10.0 Å². The summed E-state index contributed by atoms with van der Waals surface area (Å²) in [4.78, 5) is 4.12. The Kier molecular flexibility index (Phi) is 5.58. The van der Waals surface area contributed by atoms with Crippen molar-refractivity contribution in [1.82, 2.24) is 9.29 Å². The maximum Gasteiger partial charge on any atom is 0.214 e. The van der Waals surface area contributed by atoms with Crippen molar-refractivity contribution in [3.05, 3.63) is 30.1 Å². The molecule has 0 aliphatic rings. The zero-order chi connectivity index (χ0) is 12.7. The van der Waals surface area contributed by atoms with Crippen molar-refractivity contribution < 1.29 is 8.42 Å². The summed E-state index contributed by atoms with van der Waals surface area (Å²) in [6.07, 6.45) is 4.38.